The fraction of sp³-hybridized carbons (Fsp3) is 0.435. The number of anilines is 1. The zero-order chi connectivity index (χ0) is 26.1. The summed E-state index contributed by atoms with van der Waals surface area (Å²) in [7, 11) is 0. The number of nitrogens with one attached hydrogen (secondary N) is 1. The third kappa shape index (κ3) is 8.07. The molecule has 0 spiro atoms. The second-order valence-corrected chi connectivity index (χ2v) is 8.13. The Morgan fingerprint density at radius 3 is 2.36 bits per heavy atom. The van der Waals surface area contributed by atoms with Crippen LogP contribution >= 0.6 is 0 Å². The number of aliphatic hydroxyl groups is 1. The number of aliphatic hydroxyl groups excluding tert-OH is 1. The lowest BCUT2D eigenvalue weighted by molar-refractivity contribution is -0.274. The maximum Gasteiger partial charge on any atom is 0.573 e. The lowest BCUT2D eigenvalue weighted by Gasteiger charge is -2.34. The number of hydrogen-bond donors (Lipinski definition) is 3. The number of amides is 1. The van der Waals surface area contributed by atoms with Crippen LogP contribution in [0, 0.1) is 5.92 Å². The van der Waals surface area contributed by atoms with Crippen molar-refractivity contribution in [3.63, 3.8) is 0 Å². The van der Waals surface area contributed by atoms with E-state index in [4.69, 9.17) is 10.0 Å². The van der Waals surface area contributed by atoms with Gasteiger partial charge in [-0.1, -0.05) is 18.2 Å². The van der Waals surface area contributed by atoms with Crippen molar-refractivity contribution in [3.05, 3.63) is 54.2 Å². The number of ether oxygens (including phenoxy) is 1. The quantitative estimate of drug-likeness (QED) is 0.324. The number of alkyl halides is 3. The normalized spacial score (nSPS) is 16.2. The molecule has 1 aromatic carbocycles. The molecule has 196 valence electrons. The highest BCUT2D eigenvalue weighted by Gasteiger charge is 2.35. The molecule has 0 bridgehead atoms. The molecular weight excluding hydrogens is 485 g/mol. The van der Waals surface area contributed by atoms with Gasteiger partial charge in [-0.2, -0.15) is 0 Å². The predicted molar refractivity (Wildman–Crippen MR) is 120 cm³/mol. The van der Waals surface area contributed by atoms with Crippen LogP contribution in [0.25, 0.3) is 0 Å². The van der Waals surface area contributed by atoms with E-state index in [2.05, 4.69) is 9.72 Å². The molecular formula is C23H27F3N4O6. The van der Waals surface area contributed by atoms with Gasteiger partial charge in [-0.25, -0.2) is 15.3 Å². The summed E-state index contributed by atoms with van der Waals surface area (Å²) in [6.45, 7) is 1.85. The SMILES string of the molecule is O=C(NO)[C@@H](O)[C@@H](CCCc1ccc(OC(F)(F)F)cc1)C(=O)ON1CCN(c2ccccn2)CC1. The average Bonchev–Trinajstić information content (AvgIpc) is 2.86. The standard InChI is InChI=1S/C23H27F3N4O6/c24-23(25,26)35-17-9-7-16(8-10-17)4-3-5-18(20(31)21(32)28-34)22(33)36-30-14-12-29(13-15-30)19-6-1-2-11-27-19/h1-2,6-11,18,20,31,34H,3-5,12-15H2,(H,28,32)/t18-,20+/m1/s1. The Labute approximate surface area is 205 Å². The van der Waals surface area contributed by atoms with Crippen LogP contribution in [-0.4, -0.2) is 70.9 Å². The van der Waals surface area contributed by atoms with E-state index >= 15 is 0 Å². The summed E-state index contributed by atoms with van der Waals surface area (Å²) < 4.78 is 40.7. The van der Waals surface area contributed by atoms with Crippen LogP contribution in [0.4, 0.5) is 19.0 Å². The van der Waals surface area contributed by atoms with E-state index < -0.39 is 30.3 Å². The Kier molecular flexibility index (Phi) is 9.44. The van der Waals surface area contributed by atoms with Gasteiger partial charge in [0.2, 0.25) is 0 Å². The number of pyridine rings is 1. The van der Waals surface area contributed by atoms with Gasteiger partial charge in [-0.05, 0) is 49.1 Å². The van der Waals surface area contributed by atoms with Crippen LogP contribution in [0.2, 0.25) is 0 Å². The molecule has 36 heavy (non-hydrogen) atoms. The Hall–Kier alpha value is -3.42. The van der Waals surface area contributed by atoms with Gasteiger partial charge in [0.1, 0.15) is 17.7 Å². The van der Waals surface area contributed by atoms with Crippen LogP contribution in [0.15, 0.2) is 48.7 Å². The highest BCUT2D eigenvalue weighted by atomic mass is 19.4. The average molecular weight is 512 g/mol. The maximum atomic E-state index is 12.8. The molecule has 0 unspecified atom stereocenters. The molecule has 10 nitrogen and oxygen atoms in total. The topological polar surface area (TPSA) is 124 Å². The summed E-state index contributed by atoms with van der Waals surface area (Å²) in [5.74, 6) is -2.80. The van der Waals surface area contributed by atoms with E-state index in [-0.39, 0.29) is 12.2 Å². The summed E-state index contributed by atoms with van der Waals surface area (Å²) >= 11 is 0. The number of hydroxylamine groups is 3. The number of halogens is 3. The molecule has 13 heteroatoms. The van der Waals surface area contributed by atoms with Crippen LogP contribution in [-0.2, 0) is 20.8 Å². The molecule has 1 aromatic heterocycles. The van der Waals surface area contributed by atoms with Gasteiger partial charge < -0.3 is 19.6 Å². The molecule has 2 heterocycles. The zero-order valence-electron chi connectivity index (χ0n) is 19.2. The first-order valence-corrected chi connectivity index (χ1v) is 11.3. The first-order valence-electron chi connectivity index (χ1n) is 11.3. The second kappa shape index (κ2) is 12.5. The van der Waals surface area contributed by atoms with Gasteiger partial charge in [-0.3, -0.25) is 10.0 Å². The number of aromatic nitrogens is 1. The van der Waals surface area contributed by atoms with Crippen LogP contribution < -0.4 is 15.1 Å². The number of nitrogens with zero attached hydrogens (tertiary/aromatic N) is 3. The van der Waals surface area contributed by atoms with E-state index in [1.54, 1.807) is 6.20 Å². The molecule has 1 fully saturated rings. The van der Waals surface area contributed by atoms with Gasteiger partial charge >= 0.3 is 12.3 Å². The molecule has 1 aliphatic rings. The number of carbonyl (C=O) groups is 2. The van der Waals surface area contributed by atoms with Gasteiger partial charge in [-0.15, -0.1) is 18.2 Å². The lowest BCUT2D eigenvalue weighted by atomic mass is 9.94. The lowest BCUT2D eigenvalue weighted by Crippen LogP contribution is -2.49. The monoisotopic (exact) mass is 512 g/mol. The molecule has 2 atom stereocenters. The Morgan fingerprint density at radius 2 is 1.78 bits per heavy atom. The molecule has 1 aliphatic heterocycles. The van der Waals surface area contributed by atoms with E-state index in [1.807, 2.05) is 23.1 Å². The summed E-state index contributed by atoms with van der Waals surface area (Å²) in [5.41, 5.74) is 2.00. The number of benzene rings is 1. The van der Waals surface area contributed by atoms with Crippen molar-refractivity contribution >= 4 is 17.7 Å². The molecule has 1 amide bonds. The summed E-state index contributed by atoms with van der Waals surface area (Å²) in [5, 5.41) is 20.6. The number of aryl methyl sites for hydroxylation is 1. The highest BCUT2D eigenvalue weighted by molar-refractivity contribution is 5.86. The third-order valence-corrected chi connectivity index (χ3v) is 5.63. The summed E-state index contributed by atoms with van der Waals surface area (Å²) in [4.78, 5) is 36.3. The summed E-state index contributed by atoms with van der Waals surface area (Å²) in [6.07, 6.45) is -4.26. The largest absolute Gasteiger partial charge is 0.573 e. The molecule has 0 aliphatic carbocycles. The van der Waals surface area contributed by atoms with Crippen molar-refractivity contribution in [1.29, 1.82) is 0 Å². The second-order valence-electron chi connectivity index (χ2n) is 8.13. The molecule has 3 N–H and O–H groups in total. The first-order chi connectivity index (χ1) is 17.2. The van der Waals surface area contributed by atoms with Crippen molar-refractivity contribution in [2.75, 3.05) is 31.1 Å². The van der Waals surface area contributed by atoms with Gasteiger partial charge in [0.25, 0.3) is 5.91 Å². The van der Waals surface area contributed by atoms with E-state index in [0.717, 1.165) is 5.82 Å². The fourth-order valence-corrected chi connectivity index (χ4v) is 3.78. The van der Waals surface area contributed by atoms with E-state index in [0.29, 0.717) is 44.6 Å². The molecule has 0 saturated carbocycles. The number of hydrogen-bond acceptors (Lipinski definition) is 9. The number of rotatable bonds is 10. The minimum atomic E-state index is -4.79. The summed E-state index contributed by atoms with van der Waals surface area (Å²) in [6, 6.07) is 10.8. The number of carbonyl (C=O) groups excluding carboxylic acids is 2. The molecule has 2 aromatic rings. The van der Waals surface area contributed by atoms with Crippen LogP contribution in [0.3, 0.4) is 0 Å². The Balaban J connectivity index is 1.53. The van der Waals surface area contributed by atoms with Crippen LogP contribution in [0.5, 0.6) is 5.75 Å². The Morgan fingerprint density at radius 1 is 1.08 bits per heavy atom. The maximum absolute atomic E-state index is 12.8. The van der Waals surface area contributed by atoms with E-state index in [1.165, 1.54) is 34.8 Å². The van der Waals surface area contributed by atoms with Gasteiger partial charge in [0.05, 0.1) is 19.0 Å². The van der Waals surface area contributed by atoms with Crippen molar-refractivity contribution in [3.8, 4) is 5.75 Å². The van der Waals surface area contributed by atoms with Crippen molar-refractivity contribution < 1.29 is 42.6 Å². The molecule has 0 radical (unpaired) electrons. The molecule has 3 rings (SSSR count). The molecule has 1 saturated heterocycles. The van der Waals surface area contributed by atoms with Crippen molar-refractivity contribution in [2.45, 2.75) is 31.7 Å². The third-order valence-electron chi connectivity index (χ3n) is 5.63. The smallest absolute Gasteiger partial charge is 0.406 e. The van der Waals surface area contributed by atoms with Gasteiger partial charge in [0, 0.05) is 19.3 Å². The highest BCUT2D eigenvalue weighted by Crippen LogP contribution is 2.24. The van der Waals surface area contributed by atoms with Gasteiger partial charge in [0.15, 0.2) is 0 Å². The van der Waals surface area contributed by atoms with E-state index in [9.17, 15) is 27.9 Å². The Bertz CT molecular complexity index is 986. The van der Waals surface area contributed by atoms with Crippen LogP contribution in [0.1, 0.15) is 18.4 Å². The van der Waals surface area contributed by atoms with Crippen molar-refractivity contribution in [1.82, 2.24) is 15.5 Å². The zero-order valence-corrected chi connectivity index (χ0v) is 19.2. The fourth-order valence-electron chi connectivity index (χ4n) is 3.78. The minimum absolute atomic E-state index is 0.0299. The minimum Gasteiger partial charge on any atom is -0.406 e. The predicted octanol–water partition coefficient (Wildman–Crippen LogP) is 2.07. The first kappa shape index (κ1) is 27.2. The van der Waals surface area contributed by atoms with Crippen molar-refractivity contribution in [2.24, 2.45) is 5.92 Å². The number of piperazine rings is 1.